The predicted octanol–water partition coefficient (Wildman–Crippen LogP) is 1.03. The highest BCUT2D eigenvalue weighted by atomic mass is 16.5. The Labute approximate surface area is 105 Å². The number of aromatic carboxylic acids is 1. The van der Waals surface area contributed by atoms with Gasteiger partial charge in [-0.3, -0.25) is 4.79 Å². The zero-order valence-corrected chi connectivity index (χ0v) is 10.6. The molecule has 1 amide bonds. The Balaban J connectivity index is 2.54. The van der Waals surface area contributed by atoms with Gasteiger partial charge in [-0.2, -0.15) is 0 Å². The first-order valence-electron chi connectivity index (χ1n) is 5.49. The number of pyridine rings is 1. The lowest BCUT2D eigenvalue weighted by molar-refractivity contribution is -0.133. The molecule has 0 unspecified atom stereocenters. The fourth-order valence-corrected chi connectivity index (χ4v) is 1.13. The molecule has 0 bridgehead atoms. The van der Waals surface area contributed by atoms with Crippen molar-refractivity contribution < 1.29 is 19.4 Å². The molecular formula is C12H16N2O4. The molecular weight excluding hydrogens is 236 g/mol. The van der Waals surface area contributed by atoms with E-state index in [1.54, 1.807) is 11.9 Å². The summed E-state index contributed by atoms with van der Waals surface area (Å²) in [5.41, 5.74) is -0.0621. The van der Waals surface area contributed by atoms with Gasteiger partial charge in [0.25, 0.3) is 5.91 Å². The van der Waals surface area contributed by atoms with Crippen LogP contribution >= 0.6 is 0 Å². The van der Waals surface area contributed by atoms with E-state index in [0.717, 1.165) is 0 Å². The molecule has 1 heterocycles. The average molecular weight is 252 g/mol. The third kappa shape index (κ3) is 3.73. The highest BCUT2D eigenvalue weighted by molar-refractivity contribution is 5.85. The Bertz CT molecular complexity index is 428. The van der Waals surface area contributed by atoms with Crippen molar-refractivity contribution in [1.82, 2.24) is 9.88 Å². The molecule has 0 saturated heterocycles. The van der Waals surface area contributed by atoms with Crippen LogP contribution in [0.15, 0.2) is 18.3 Å². The monoisotopic (exact) mass is 252 g/mol. The van der Waals surface area contributed by atoms with Gasteiger partial charge in [0.15, 0.2) is 6.61 Å². The third-order valence-electron chi connectivity index (χ3n) is 2.49. The summed E-state index contributed by atoms with van der Waals surface area (Å²) in [4.78, 5) is 27.5. The number of hydrogen-bond donors (Lipinski definition) is 1. The summed E-state index contributed by atoms with van der Waals surface area (Å²) in [6.45, 7) is 3.71. The lowest BCUT2D eigenvalue weighted by Crippen LogP contribution is -2.36. The molecule has 1 N–H and O–H groups in total. The molecule has 0 radical (unpaired) electrons. The molecule has 0 saturated carbocycles. The van der Waals surface area contributed by atoms with Gasteiger partial charge in [-0.15, -0.1) is 0 Å². The highest BCUT2D eigenvalue weighted by Crippen LogP contribution is 2.09. The van der Waals surface area contributed by atoms with Crippen LogP contribution in [0.1, 0.15) is 24.3 Å². The molecule has 6 nitrogen and oxygen atoms in total. The molecule has 98 valence electrons. The van der Waals surface area contributed by atoms with Gasteiger partial charge in [-0.05, 0) is 26.0 Å². The molecule has 0 atom stereocenters. The van der Waals surface area contributed by atoms with Crippen molar-refractivity contribution in [3.63, 3.8) is 0 Å². The Morgan fingerprint density at radius 1 is 1.44 bits per heavy atom. The molecule has 0 aliphatic heterocycles. The normalized spacial score (nSPS) is 10.2. The van der Waals surface area contributed by atoms with E-state index in [0.29, 0.717) is 5.75 Å². The summed E-state index contributed by atoms with van der Waals surface area (Å²) in [5, 5.41) is 8.66. The molecule has 1 aromatic heterocycles. The fourth-order valence-electron chi connectivity index (χ4n) is 1.13. The first-order valence-corrected chi connectivity index (χ1v) is 5.49. The second-order valence-corrected chi connectivity index (χ2v) is 4.07. The van der Waals surface area contributed by atoms with Crippen LogP contribution in [0, 0.1) is 0 Å². The van der Waals surface area contributed by atoms with Crippen LogP contribution < -0.4 is 4.74 Å². The van der Waals surface area contributed by atoms with Crippen LogP contribution in [0.3, 0.4) is 0 Å². The fraction of sp³-hybridized carbons (Fsp3) is 0.417. The number of carboxylic acid groups (broad SMARTS) is 1. The topological polar surface area (TPSA) is 79.7 Å². The molecule has 1 aromatic rings. The number of rotatable bonds is 5. The molecule has 0 fully saturated rings. The summed E-state index contributed by atoms with van der Waals surface area (Å²) in [5.74, 6) is -0.880. The van der Waals surface area contributed by atoms with E-state index in [1.165, 1.54) is 18.3 Å². The van der Waals surface area contributed by atoms with Crippen LogP contribution in [0.5, 0.6) is 5.75 Å². The summed E-state index contributed by atoms with van der Waals surface area (Å²) in [6.07, 6.45) is 1.28. The molecule has 1 rings (SSSR count). The van der Waals surface area contributed by atoms with Crippen LogP contribution in [-0.2, 0) is 4.79 Å². The third-order valence-corrected chi connectivity index (χ3v) is 2.49. The van der Waals surface area contributed by atoms with Crippen LogP contribution in [0.25, 0.3) is 0 Å². The number of ether oxygens (including phenoxy) is 1. The van der Waals surface area contributed by atoms with E-state index < -0.39 is 5.97 Å². The molecule has 0 spiro atoms. The lowest BCUT2D eigenvalue weighted by Gasteiger charge is -2.21. The van der Waals surface area contributed by atoms with Gasteiger partial charge in [0.1, 0.15) is 11.4 Å². The minimum atomic E-state index is -1.10. The first-order chi connectivity index (χ1) is 8.41. The van der Waals surface area contributed by atoms with E-state index in [-0.39, 0.29) is 24.2 Å². The summed E-state index contributed by atoms with van der Waals surface area (Å²) >= 11 is 0. The van der Waals surface area contributed by atoms with Crippen molar-refractivity contribution in [2.24, 2.45) is 0 Å². The van der Waals surface area contributed by atoms with E-state index >= 15 is 0 Å². The number of carbonyl (C=O) groups excluding carboxylic acids is 1. The number of likely N-dealkylation sites (N-methyl/N-ethyl adjacent to an activating group) is 1. The van der Waals surface area contributed by atoms with Crippen LogP contribution in [0.2, 0.25) is 0 Å². The Morgan fingerprint density at radius 2 is 2.11 bits per heavy atom. The van der Waals surface area contributed by atoms with E-state index in [9.17, 15) is 9.59 Å². The number of nitrogens with zero attached hydrogens (tertiary/aromatic N) is 2. The second kappa shape index (κ2) is 6.00. The summed E-state index contributed by atoms with van der Waals surface area (Å²) < 4.78 is 5.23. The molecule has 0 aliphatic rings. The maximum Gasteiger partial charge on any atom is 0.354 e. The quantitative estimate of drug-likeness (QED) is 0.846. The van der Waals surface area contributed by atoms with Crippen molar-refractivity contribution >= 4 is 11.9 Å². The zero-order chi connectivity index (χ0) is 13.7. The maximum absolute atomic E-state index is 11.6. The highest BCUT2D eigenvalue weighted by Gasteiger charge is 2.12. The van der Waals surface area contributed by atoms with E-state index in [1.807, 2.05) is 13.8 Å². The van der Waals surface area contributed by atoms with Gasteiger partial charge >= 0.3 is 5.97 Å². The van der Waals surface area contributed by atoms with Crippen LogP contribution in [-0.4, -0.2) is 46.6 Å². The Morgan fingerprint density at radius 3 is 2.56 bits per heavy atom. The van der Waals surface area contributed by atoms with Gasteiger partial charge in [-0.25, -0.2) is 9.78 Å². The molecule has 6 heteroatoms. The summed E-state index contributed by atoms with van der Waals surface area (Å²) in [6, 6.07) is 2.90. The van der Waals surface area contributed by atoms with Crippen molar-refractivity contribution in [2.75, 3.05) is 13.7 Å². The SMILES string of the molecule is CC(C)N(C)C(=O)COc1ccc(C(=O)O)nc1. The average Bonchev–Trinajstić information content (AvgIpc) is 2.35. The molecule has 0 aliphatic carbocycles. The van der Waals surface area contributed by atoms with Crippen molar-refractivity contribution in [2.45, 2.75) is 19.9 Å². The maximum atomic E-state index is 11.6. The number of hydrogen-bond acceptors (Lipinski definition) is 4. The minimum Gasteiger partial charge on any atom is -0.482 e. The number of carbonyl (C=O) groups is 2. The lowest BCUT2D eigenvalue weighted by atomic mass is 10.3. The first kappa shape index (κ1) is 14.0. The van der Waals surface area contributed by atoms with Crippen LogP contribution in [0.4, 0.5) is 0 Å². The van der Waals surface area contributed by atoms with Gasteiger partial charge in [0.2, 0.25) is 0 Å². The number of carboxylic acids is 1. The number of amides is 1. The minimum absolute atomic E-state index is 0.0621. The number of aromatic nitrogens is 1. The Kier molecular flexibility index (Phi) is 4.65. The van der Waals surface area contributed by atoms with Crippen molar-refractivity contribution in [3.05, 3.63) is 24.0 Å². The smallest absolute Gasteiger partial charge is 0.354 e. The van der Waals surface area contributed by atoms with Gasteiger partial charge in [0, 0.05) is 13.1 Å². The molecule has 18 heavy (non-hydrogen) atoms. The van der Waals surface area contributed by atoms with E-state index in [2.05, 4.69) is 4.98 Å². The van der Waals surface area contributed by atoms with Gasteiger partial charge in [-0.1, -0.05) is 0 Å². The summed E-state index contributed by atoms with van der Waals surface area (Å²) in [7, 11) is 1.70. The zero-order valence-electron chi connectivity index (χ0n) is 10.6. The predicted molar refractivity (Wildman–Crippen MR) is 64.6 cm³/mol. The Hall–Kier alpha value is -2.11. The van der Waals surface area contributed by atoms with E-state index in [4.69, 9.17) is 9.84 Å². The van der Waals surface area contributed by atoms with Gasteiger partial charge in [0.05, 0.1) is 6.20 Å². The standard InChI is InChI=1S/C12H16N2O4/c1-8(2)14(3)11(15)7-18-9-4-5-10(12(16)17)13-6-9/h4-6,8H,7H2,1-3H3,(H,16,17). The second-order valence-electron chi connectivity index (χ2n) is 4.07. The molecule has 0 aromatic carbocycles. The van der Waals surface area contributed by atoms with Crippen molar-refractivity contribution in [1.29, 1.82) is 0 Å². The van der Waals surface area contributed by atoms with Crippen molar-refractivity contribution in [3.8, 4) is 5.75 Å². The van der Waals surface area contributed by atoms with Gasteiger partial charge < -0.3 is 14.7 Å². The largest absolute Gasteiger partial charge is 0.482 e.